The van der Waals surface area contributed by atoms with E-state index in [4.69, 9.17) is 10.8 Å². The largest absolute Gasteiger partial charge is 0.480 e. The maximum absolute atomic E-state index is 11.4. The van der Waals surface area contributed by atoms with Crippen molar-refractivity contribution in [3.63, 3.8) is 0 Å². The molecule has 0 aromatic rings. The summed E-state index contributed by atoms with van der Waals surface area (Å²) in [6.07, 6.45) is -0.439. The molecule has 8 nitrogen and oxygen atoms in total. The molecule has 0 radical (unpaired) electrons. The molecule has 8 heteroatoms. The van der Waals surface area contributed by atoms with Gasteiger partial charge in [0.15, 0.2) is 0 Å². The number of carboxylic acid groups (broad SMARTS) is 1. The van der Waals surface area contributed by atoms with Gasteiger partial charge in [0.05, 0.1) is 6.42 Å². The van der Waals surface area contributed by atoms with Crippen LogP contribution in [0.5, 0.6) is 0 Å². The van der Waals surface area contributed by atoms with Crippen LogP contribution in [0.15, 0.2) is 0 Å². The van der Waals surface area contributed by atoms with E-state index in [9.17, 15) is 14.4 Å². The number of hydrogen-bond donors (Lipinski definition) is 4. The topological polar surface area (TPSA) is 125 Å². The highest BCUT2D eigenvalue weighted by atomic mass is 16.4. The van der Waals surface area contributed by atoms with Crippen molar-refractivity contribution in [1.82, 2.24) is 15.5 Å². The molecular formula is C10H20N4O4. The summed E-state index contributed by atoms with van der Waals surface area (Å²) < 4.78 is 0. The Kier molecular flexibility index (Phi) is 6.73. The second kappa shape index (κ2) is 7.49. The lowest BCUT2D eigenvalue weighted by atomic mass is 10.2. The van der Waals surface area contributed by atoms with Gasteiger partial charge in [-0.05, 0) is 21.0 Å². The van der Waals surface area contributed by atoms with E-state index in [1.807, 2.05) is 25.9 Å². The van der Waals surface area contributed by atoms with Crippen molar-refractivity contribution < 1.29 is 19.5 Å². The maximum atomic E-state index is 11.4. The van der Waals surface area contributed by atoms with Gasteiger partial charge in [0, 0.05) is 12.6 Å². The van der Waals surface area contributed by atoms with Gasteiger partial charge in [0.25, 0.3) is 0 Å². The second-order valence-electron chi connectivity index (χ2n) is 4.23. The molecule has 0 saturated carbocycles. The normalized spacial score (nSPS) is 13.8. The van der Waals surface area contributed by atoms with E-state index in [0.717, 1.165) is 0 Å². The fourth-order valence-corrected chi connectivity index (χ4v) is 1.03. The average Bonchev–Trinajstić information content (AvgIpc) is 2.23. The van der Waals surface area contributed by atoms with Gasteiger partial charge in [-0.3, -0.25) is 4.79 Å². The first-order valence-corrected chi connectivity index (χ1v) is 5.46. The molecule has 5 N–H and O–H groups in total. The number of amides is 3. The molecule has 18 heavy (non-hydrogen) atoms. The van der Waals surface area contributed by atoms with Gasteiger partial charge < -0.3 is 26.4 Å². The highest BCUT2D eigenvalue weighted by Gasteiger charge is 2.22. The number of carbonyl (C=O) groups is 3. The summed E-state index contributed by atoms with van der Waals surface area (Å²) in [4.78, 5) is 34.7. The van der Waals surface area contributed by atoms with Gasteiger partial charge in [-0.15, -0.1) is 0 Å². The van der Waals surface area contributed by atoms with Crippen LogP contribution >= 0.6 is 0 Å². The molecule has 3 amide bonds. The lowest BCUT2D eigenvalue weighted by molar-refractivity contribution is -0.140. The lowest BCUT2D eigenvalue weighted by Crippen LogP contribution is -2.49. The highest BCUT2D eigenvalue weighted by molar-refractivity contribution is 5.87. The monoisotopic (exact) mass is 260 g/mol. The van der Waals surface area contributed by atoms with Gasteiger partial charge >= 0.3 is 12.0 Å². The SMILES string of the molecule is CC(CNC(=O)N[C@H](CC(N)=O)C(=O)O)N(C)C. The van der Waals surface area contributed by atoms with Crippen LogP contribution in [-0.4, -0.2) is 60.6 Å². The van der Waals surface area contributed by atoms with Gasteiger partial charge in [-0.1, -0.05) is 0 Å². The quantitative estimate of drug-likeness (QED) is 0.446. The minimum Gasteiger partial charge on any atom is -0.480 e. The van der Waals surface area contributed by atoms with Crippen molar-refractivity contribution in [1.29, 1.82) is 0 Å². The maximum Gasteiger partial charge on any atom is 0.326 e. The summed E-state index contributed by atoms with van der Waals surface area (Å²) in [6, 6.07) is -1.84. The number of likely N-dealkylation sites (N-methyl/N-ethyl adjacent to an activating group) is 1. The number of hydrogen-bond acceptors (Lipinski definition) is 4. The minimum absolute atomic E-state index is 0.107. The number of nitrogens with one attached hydrogen (secondary N) is 2. The number of aliphatic carboxylic acids is 1. The smallest absolute Gasteiger partial charge is 0.326 e. The van der Waals surface area contributed by atoms with Crippen LogP contribution in [0.1, 0.15) is 13.3 Å². The number of primary amides is 1. The Bertz CT molecular complexity index is 319. The Morgan fingerprint density at radius 3 is 2.28 bits per heavy atom. The van der Waals surface area contributed by atoms with E-state index in [-0.39, 0.29) is 6.04 Å². The second-order valence-corrected chi connectivity index (χ2v) is 4.23. The predicted octanol–water partition coefficient (Wildman–Crippen LogP) is -1.44. The van der Waals surface area contributed by atoms with Crippen LogP contribution in [-0.2, 0) is 9.59 Å². The molecule has 0 aromatic carbocycles. The van der Waals surface area contributed by atoms with E-state index in [0.29, 0.717) is 6.54 Å². The number of carbonyl (C=O) groups excluding carboxylic acids is 2. The summed E-state index contributed by atoms with van der Waals surface area (Å²) in [5.74, 6) is -2.09. The first kappa shape index (κ1) is 16.2. The third kappa shape index (κ3) is 6.69. The first-order chi connectivity index (χ1) is 8.23. The molecule has 0 aromatic heterocycles. The number of carboxylic acids is 1. The number of nitrogens with two attached hydrogens (primary N) is 1. The van der Waals surface area contributed by atoms with Crippen molar-refractivity contribution in [3.05, 3.63) is 0 Å². The fraction of sp³-hybridized carbons (Fsp3) is 0.700. The summed E-state index contributed by atoms with van der Waals surface area (Å²) in [5, 5.41) is 13.5. The number of urea groups is 1. The zero-order valence-corrected chi connectivity index (χ0v) is 10.8. The molecule has 0 aliphatic carbocycles. The van der Waals surface area contributed by atoms with Gasteiger partial charge in [0.2, 0.25) is 5.91 Å². The molecule has 0 bridgehead atoms. The van der Waals surface area contributed by atoms with Crippen LogP contribution in [0.3, 0.4) is 0 Å². The van der Waals surface area contributed by atoms with Crippen molar-refractivity contribution in [3.8, 4) is 0 Å². The zero-order valence-electron chi connectivity index (χ0n) is 10.8. The van der Waals surface area contributed by atoms with Crippen molar-refractivity contribution in [2.75, 3.05) is 20.6 Å². The van der Waals surface area contributed by atoms with Crippen molar-refractivity contribution >= 4 is 17.9 Å². The Hall–Kier alpha value is -1.83. The van der Waals surface area contributed by atoms with E-state index < -0.39 is 30.4 Å². The molecule has 0 heterocycles. The summed E-state index contributed by atoms with van der Waals surface area (Å²) in [7, 11) is 3.72. The van der Waals surface area contributed by atoms with E-state index in [1.165, 1.54) is 0 Å². The summed E-state index contributed by atoms with van der Waals surface area (Å²) in [5.41, 5.74) is 4.89. The van der Waals surface area contributed by atoms with Crippen LogP contribution in [0.4, 0.5) is 4.79 Å². The van der Waals surface area contributed by atoms with Gasteiger partial charge in [-0.25, -0.2) is 9.59 Å². The highest BCUT2D eigenvalue weighted by Crippen LogP contribution is 1.92. The Labute approximate surface area is 106 Å². The lowest BCUT2D eigenvalue weighted by Gasteiger charge is -2.21. The van der Waals surface area contributed by atoms with Crippen LogP contribution in [0, 0.1) is 0 Å². The molecule has 0 saturated heterocycles. The molecule has 2 atom stereocenters. The molecule has 104 valence electrons. The Morgan fingerprint density at radius 1 is 1.33 bits per heavy atom. The van der Waals surface area contributed by atoms with E-state index in [1.54, 1.807) is 0 Å². The van der Waals surface area contributed by atoms with E-state index in [2.05, 4.69) is 10.6 Å². The summed E-state index contributed by atoms with van der Waals surface area (Å²) in [6.45, 7) is 2.26. The summed E-state index contributed by atoms with van der Waals surface area (Å²) >= 11 is 0. The standard InChI is InChI=1S/C10H20N4O4/c1-6(14(2)3)5-12-10(18)13-7(9(16)17)4-8(11)15/h6-7H,4-5H2,1-3H3,(H2,11,15)(H,16,17)(H2,12,13,18)/t6?,7-/m1/s1. The van der Waals surface area contributed by atoms with Crippen molar-refractivity contribution in [2.24, 2.45) is 5.73 Å². The third-order valence-electron chi connectivity index (χ3n) is 2.45. The molecule has 0 aliphatic rings. The van der Waals surface area contributed by atoms with Gasteiger partial charge in [0.1, 0.15) is 6.04 Å². The van der Waals surface area contributed by atoms with Crippen molar-refractivity contribution in [2.45, 2.75) is 25.4 Å². The molecule has 0 fully saturated rings. The molecule has 0 rings (SSSR count). The number of nitrogens with zero attached hydrogens (tertiary/aromatic N) is 1. The molecule has 1 unspecified atom stereocenters. The van der Waals surface area contributed by atoms with E-state index >= 15 is 0 Å². The Balaban J connectivity index is 4.18. The fourth-order valence-electron chi connectivity index (χ4n) is 1.03. The zero-order chi connectivity index (χ0) is 14.3. The van der Waals surface area contributed by atoms with Crippen LogP contribution in [0.2, 0.25) is 0 Å². The Morgan fingerprint density at radius 2 is 1.89 bits per heavy atom. The minimum atomic E-state index is -1.31. The number of rotatable bonds is 7. The molecule has 0 spiro atoms. The van der Waals surface area contributed by atoms with Crippen LogP contribution < -0.4 is 16.4 Å². The molecular weight excluding hydrogens is 240 g/mol. The average molecular weight is 260 g/mol. The first-order valence-electron chi connectivity index (χ1n) is 5.46. The predicted molar refractivity (Wildman–Crippen MR) is 64.9 cm³/mol. The molecule has 0 aliphatic heterocycles. The van der Waals surface area contributed by atoms with Crippen LogP contribution in [0.25, 0.3) is 0 Å². The van der Waals surface area contributed by atoms with Gasteiger partial charge in [-0.2, -0.15) is 0 Å². The third-order valence-corrected chi connectivity index (χ3v) is 2.45.